The van der Waals surface area contributed by atoms with Crippen molar-refractivity contribution < 1.29 is 23.9 Å². The number of nitrogens with one attached hydrogen (secondary N) is 2. The number of imide groups is 1. The van der Waals surface area contributed by atoms with Crippen LogP contribution in [0.4, 0.5) is 0 Å². The highest BCUT2D eigenvalue weighted by Crippen LogP contribution is 2.22. The summed E-state index contributed by atoms with van der Waals surface area (Å²) in [6.45, 7) is -0.0733. The molecule has 1 aromatic carbocycles. The Morgan fingerprint density at radius 2 is 1.89 bits per heavy atom. The van der Waals surface area contributed by atoms with Crippen LogP contribution >= 0.6 is 0 Å². The minimum atomic E-state index is -0.898. The lowest BCUT2D eigenvalue weighted by Crippen LogP contribution is -2.44. The molecule has 140 valence electrons. The lowest BCUT2D eigenvalue weighted by Gasteiger charge is -2.17. The van der Waals surface area contributed by atoms with E-state index in [1.54, 1.807) is 30.5 Å². The van der Waals surface area contributed by atoms with Crippen molar-refractivity contribution in [2.45, 2.75) is 18.9 Å². The molecule has 9 nitrogen and oxygen atoms in total. The average molecular weight is 370 g/mol. The van der Waals surface area contributed by atoms with Crippen LogP contribution in [0.1, 0.15) is 32.8 Å². The van der Waals surface area contributed by atoms with Gasteiger partial charge in [0.05, 0.1) is 24.6 Å². The number of hydrogen-bond donors (Lipinski definition) is 2. The van der Waals surface area contributed by atoms with Gasteiger partial charge in [-0.1, -0.05) is 12.1 Å². The highest BCUT2D eigenvalue weighted by Gasteiger charge is 2.35. The summed E-state index contributed by atoms with van der Waals surface area (Å²) in [6.07, 6.45) is 3.07. The van der Waals surface area contributed by atoms with Crippen LogP contribution < -0.4 is 5.32 Å². The zero-order valence-electron chi connectivity index (χ0n) is 14.6. The van der Waals surface area contributed by atoms with E-state index in [0.717, 1.165) is 4.90 Å². The molecule has 0 aliphatic carbocycles. The quantitative estimate of drug-likeness (QED) is 0.534. The number of rotatable bonds is 7. The molecule has 0 fully saturated rings. The molecule has 1 aromatic heterocycles. The van der Waals surface area contributed by atoms with E-state index in [2.05, 4.69) is 15.3 Å². The zero-order valence-corrected chi connectivity index (χ0v) is 14.6. The van der Waals surface area contributed by atoms with Crippen LogP contribution in [0.25, 0.3) is 0 Å². The molecule has 1 atom stereocenters. The van der Waals surface area contributed by atoms with Gasteiger partial charge >= 0.3 is 5.97 Å². The number of methoxy groups -OCH3 is 1. The molecule has 0 spiro atoms. The summed E-state index contributed by atoms with van der Waals surface area (Å²) in [5.74, 6) is -1.92. The van der Waals surface area contributed by atoms with Crippen molar-refractivity contribution in [2.24, 2.45) is 0 Å². The molecule has 0 radical (unpaired) electrons. The number of nitrogens with zero attached hydrogens (tertiary/aromatic N) is 2. The zero-order chi connectivity index (χ0) is 19.4. The van der Waals surface area contributed by atoms with E-state index in [-0.39, 0.29) is 19.4 Å². The monoisotopic (exact) mass is 370 g/mol. The number of aromatic nitrogens is 2. The van der Waals surface area contributed by atoms with Crippen LogP contribution in [0.2, 0.25) is 0 Å². The first-order valence-corrected chi connectivity index (χ1v) is 8.31. The molecule has 9 heteroatoms. The van der Waals surface area contributed by atoms with Gasteiger partial charge in [0.25, 0.3) is 11.8 Å². The minimum absolute atomic E-state index is 0.0733. The van der Waals surface area contributed by atoms with Crippen molar-refractivity contribution in [3.05, 3.63) is 53.6 Å². The molecule has 2 aromatic rings. The largest absolute Gasteiger partial charge is 0.467 e. The highest BCUT2D eigenvalue weighted by atomic mass is 16.5. The maximum atomic E-state index is 12.3. The van der Waals surface area contributed by atoms with Gasteiger partial charge in [0.1, 0.15) is 6.04 Å². The van der Waals surface area contributed by atoms with Crippen molar-refractivity contribution in [2.75, 3.05) is 13.7 Å². The fraction of sp³-hybridized carbons (Fsp3) is 0.278. The summed E-state index contributed by atoms with van der Waals surface area (Å²) in [5.41, 5.74) is 1.32. The first-order valence-electron chi connectivity index (χ1n) is 8.31. The third-order valence-corrected chi connectivity index (χ3v) is 4.24. The predicted octanol–water partition coefficient (Wildman–Crippen LogP) is 0.296. The molecule has 0 unspecified atom stereocenters. The summed E-state index contributed by atoms with van der Waals surface area (Å²) >= 11 is 0. The van der Waals surface area contributed by atoms with Gasteiger partial charge in [-0.25, -0.2) is 9.78 Å². The summed E-state index contributed by atoms with van der Waals surface area (Å²) in [6, 6.07) is 5.61. The molecule has 2 heterocycles. The summed E-state index contributed by atoms with van der Waals surface area (Å²) in [7, 11) is 1.23. The maximum absolute atomic E-state index is 12.3. The van der Waals surface area contributed by atoms with Gasteiger partial charge in [0.2, 0.25) is 5.91 Å². The third-order valence-electron chi connectivity index (χ3n) is 4.24. The van der Waals surface area contributed by atoms with Gasteiger partial charge < -0.3 is 15.0 Å². The van der Waals surface area contributed by atoms with E-state index in [1.165, 1.54) is 13.4 Å². The van der Waals surface area contributed by atoms with E-state index in [4.69, 9.17) is 4.74 Å². The number of aromatic amines is 1. The molecule has 0 saturated carbocycles. The highest BCUT2D eigenvalue weighted by molar-refractivity contribution is 6.21. The third kappa shape index (κ3) is 3.86. The average Bonchev–Trinajstić information content (AvgIpc) is 3.27. The smallest absolute Gasteiger partial charge is 0.328 e. The van der Waals surface area contributed by atoms with Crippen LogP contribution in [0, 0.1) is 0 Å². The van der Waals surface area contributed by atoms with Gasteiger partial charge in [-0.05, 0) is 12.1 Å². The second-order valence-electron chi connectivity index (χ2n) is 5.98. The molecule has 1 aliphatic rings. The van der Waals surface area contributed by atoms with Gasteiger partial charge in [0.15, 0.2) is 0 Å². The first kappa shape index (κ1) is 18.3. The number of hydrogen-bond acceptors (Lipinski definition) is 6. The number of imidazole rings is 1. The minimum Gasteiger partial charge on any atom is -0.467 e. The number of fused-ring (bicyclic) bond motifs is 1. The Morgan fingerprint density at radius 3 is 2.44 bits per heavy atom. The normalized spacial score (nSPS) is 14.0. The number of benzene rings is 1. The Balaban J connectivity index is 1.59. The van der Waals surface area contributed by atoms with Gasteiger partial charge in [-0.2, -0.15) is 0 Å². The lowest BCUT2D eigenvalue weighted by molar-refractivity contribution is -0.145. The molecule has 27 heavy (non-hydrogen) atoms. The van der Waals surface area contributed by atoms with Crippen LogP contribution in [0.5, 0.6) is 0 Å². The predicted molar refractivity (Wildman–Crippen MR) is 92.7 cm³/mol. The number of carbonyl (C=O) groups excluding carboxylic acids is 4. The van der Waals surface area contributed by atoms with Crippen LogP contribution in [0.15, 0.2) is 36.8 Å². The topological polar surface area (TPSA) is 121 Å². The maximum Gasteiger partial charge on any atom is 0.328 e. The standard InChI is InChI=1S/C18H18N4O5/c1-27-18(26)14(8-11-9-19-10-20-11)21-15(23)6-7-22-16(24)12-4-2-3-5-13(12)17(22)25/h2-5,9-10,14H,6-8H2,1H3,(H,19,20)(H,21,23)/t14-/m0/s1. The molecule has 3 rings (SSSR count). The Labute approximate surface area is 154 Å². The fourth-order valence-corrected chi connectivity index (χ4v) is 2.87. The van der Waals surface area contributed by atoms with Crippen molar-refractivity contribution in [3.63, 3.8) is 0 Å². The Bertz CT molecular complexity index is 843. The number of amides is 3. The lowest BCUT2D eigenvalue weighted by atomic mass is 10.1. The number of ether oxygens (including phenoxy) is 1. The van der Waals surface area contributed by atoms with Crippen molar-refractivity contribution in [3.8, 4) is 0 Å². The van der Waals surface area contributed by atoms with E-state index >= 15 is 0 Å². The second-order valence-corrected chi connectivity index (χ2v) is 5.98. The Kier molecular flexibility index (Phi) is 5.30. The first-order chi connectivity index (χ1) is 13.0. The van der Waals surface area contributed by atoms with E-state index in [0.29, 0.717) is 16.8 Å². The molecular weight excluding hydrogens is 352 g/mol. The molecule has 1 aliphatic heterocycles. The molecule has 0 bridgehead atoms. The van der Waals surface area contributed by atoms with Gasteiger partial charge in [-0.15, -0.1) is 0 Å². The van der Waals surface area contributed by atoms with Crippen LogP contribution in [0.3, 0.4) is 0 Å². The molecular formula is C18H18N4O5. The summed E-state index contributed by atoms with van der Waals surface area (Å²) in [4.78, 5) is 56.5. The van der Waals surface area contributed by atoms with Crippen LogP contribution in [-0.4, -0.2) is 58.3 Å². The number of esters is 1. The van der Waals surface area contributed by atoms with Gasteiger partial charge in [-0.3, -0.25) is 19.3 Å². The number of carbonyl (C=O) groups is 4. The molecule has 3 amide bonds. The number of H-pyrrole nitrogens is 1. The summed E-state index contributed by atoms with van der Waals surface area (Å²) in [5, 5.41) is 2.57. The van der Waals surface area contributed by atoms with Crippen molar-refractivity contribution in [1.29, 1.82) is 0 Å². The second kappa shape index (κ2) is 7.81. The van der Waals surface area contributed by atoms with E-state index in [1.807, 2.05) is 0 Å². The van der Waals surface area contributed by atoms with Gasteiger partial charge in [0, 0.05) is 31.3 Å². The Hall–Kier alpha value is -3.49. The molecule has 2 N–H and O–H groups in total. The van der Waals surface area contributed by atoms with Crippen molar-refractivity contribution >= 4 is 23.7 Å². The van der Waals surface area contributed by atoms with E-state index in [9.17, 15) is 19.2 Å². The van der Waals surface area contributed by atoms with Crippen molar-refractivity contribution in [1.82, 2.24) is 20.2 Å². The van der Waals surface area contributed by atoms with E-state index < -0.39 is 29.7 Å². The molecule has 0 saturated heterocycles. The SMILES string of the molecule is COC(=O)[C@H](Cc1cnc[nH]1)NC(=O)CCN1C(=O)c2ccccc2C1=O. The summed E-state index contributed by atoms with van der Waals surface area (Å²) < 4.78 is 4.71. The fourth-order valence-electron chi connectivity index (χ4n) is 2.87. The Morgan fingerprint density at radius 1 is 1.22 bits per heavy atom. The van der Waals surface area contributed by atoms with Crippen LogP contribution in [-0.2, 0) is 20.7 Å².